The number of carboxylic acid groups (broad SMARTS) is 1. The Hall–Kier alpha value is -2.90. The lowest BCUT2D eigenvalue weighted by Crippen LogP contribution is -2.11. The first-order valence-electron chi connectivity index (χ1n) is 6.69. The van der Waals surface area contributed by atoms with Crippen LogP contribution in [0.25, 0.3) is 0 Å². The summed E-state index contributed by atoms with van der Waals surface area (Å²) in [7, 11) is 0. The molecule has 0 saturated carbocycles. The van der Waals surface area contributed by atoms with Gasteiger partial charge in [-0.2, -0.15) is 0 Å². The fourth-order valence-corrected chi connectivity index (χ4v) is 2.26. The monoisotopic (exact) mass is 304 g/mol. The summed E-state index contributed by atoms with van der Waals surface area (Å²) in [5.74, 6) is -1.13. The minimum Gasteiger partial charge on any atom is -0.478 e. The topological polar surface area (TPSA) is 110 Å². The van der Waals surface area contributed by atoms with Crippen LogP contribution >= 0.6 is 0 Å². The Bertz CT molecular complexity index is 724. The minimum absolute atomic E-state index is 0.00524. The van der Waals surface area contributed by atoms with E-state index >= 15 is 0 Å². The molecule has 8 heteroatoms. The molecule has 0 amide bonds. The molecule has 2 N–H and O–H groups in total. The summed E-state index contributed by atoms with van der Waals surface area (Å²) in [4.78, 5) is 25.8. The van der Waals surface area contributed by atoms with Gasteiger partial charge < -0.3 is 15.0 Å². The lowest BCUT2D eigenvalue weighted by molar-refractivity contribution is -0.385. The van der Waals surface area contributed by atoms with E-state index in [0.29, 0.717) is 12.1 Å². The number of nitro groups is 1. The van der Waals surface area contributed by atoms with Crippen molar-refractivity contribution in [2.45, 2.75) is 26.9 Å². The van der Waals surface area contributed by atoms with Gasteiger partial charge in [-0.25, -0.2) is 9.78 Å². The number of aryl methyl sites for hydroxylation is 1. The van der Waals surface area contributed by atoms with Gasteiger partial charge >= 0.3 is 5.97 Å². The van der Waals surface area contributed by atoms with Gasteiger partial charge in [0.2, 0.25) is 0 Å². The second kappa shape index (κ2) is 6.25. The molecule has 116 valence electrons. The largest absolute Gasteiger partial charge is 0.478 e. The number of hydrogen-bond donors (Lipinski definition) is 2. The molecular weight excluding hydrogens is 288 g/mol. The van der Waals surface area contributed by atoms with E-state index in [1.165, 1.54) is 19.1 Å². The van der Waals surface area contributed by atoms with Crippen molar-refractivity contribution in [2.24, 2.45) is 0 Å². The zero-order valence-electron chi connectivity index (χ0n) is 12.2. The van der Waals surface area contributed by atoms with Crippen LogP contribution in [-0.4, -0.2) is 25.6 Å². The Kier molecular flexibility index (Phi) is 4.40. The summed E-state index contributed by atoms with van der Waals surface area (Å²) >= 11 is 0. The molecule has 0 unspecified atom stereocenters. The van der Waals surface area contributed by atoms with Crippen molar-refractivity contribution in [3.8, 4) is 0 Å². The van der Waals surface area contributed by atoms with E-state index in [0.717, 1.165) is 12.2 Å². The Balaban J connectivity index is 2.37. The molecule has 22 heavy (non-hydrogen) atoms. The van der Waals surface area contributed by atoms with Crippen LogP contribution in [0.2, 0.25) is 0 Å². The number of carboxylic acids is 1. The van der Waals surface area contributed by atoms with Gasteiger partial charge in [0, 0.05) is 18.8 Å². The van der Waals surface area contributed by atoms with Gasteiger partial charge in [-0.3, -0.25) is 10.1 Å². The number of rotatable bonds is 6. The zero-order chi connectivity index (χ0) is 16.3. The number of nitrogens with zero attached hydrogens (tertiary/aromatic N) is 3. The van der Waals surface area contributed by atoms with Crippen molar-refractivity contribution in [1.29, 1.82) is 0 Å². The fourth-order valence-electron chi connectivity index (χ4n) is 2.26. The zero-order valence-corrected chi connectivity index (χ0v) is 12.2. The number of imidazole rings is 1. The maximum Gasteiger partial charge on any atom is 0.337 e. The summed E-state index contributed by atoms with van der Waals surface area (Å²) in [6.45, 7) is 4.56. The number of aromatic carboxylic acids is 1. The fraction of sp³-hybridized carbons (Fsp3) is 0.286. The maximum atomic E-state index is 11.3. The molecule has 0 fully saturated rings. The highest BCUT2D eigenvalue weighted by atomic mass is 16.6. The molecule has 1 aromatic carbocycles. The SMILES string of the molecule is CCn1cncc1CNc1c(C(=O)O)ccc([N+](=O)[O-])c1C. The molecule has 0 atom stereocenters. The Morgan fingerprint density at radius 2 is 2.23 bits per heavy atom. The molecule has 0 bridgehead atoms. The summed E-state index contributed by atoms with van der Waals surface area (Å²) in [6, 6.07) is 2.45. The number of carbonyl (C=O) groups is 1. The number of benzene rings is 1. The van der Waals surface area contributed by atoms with Gasteiger partial charge in [-0.1, -0.05) is 0 Å². The number of anilines is 1. The van der Waals surface area contributed by atoms with Gasteiger partial charge in [-0.15, -0.1) is 0 Å². The Morgan fingerprint density at radius 1 is 1.50 bits per heavy atom. The van der Waals surface area contributed by atoms with Crippen LogP contribution < -0.4 is 5.32 Å². The van der Waals surface area contributed by atoms with Crippen LogP contribution in [-0.2, 0) is 13.1 Å². The smallest absolute Gasteiger partial charge is 0.337 e. The number of nitro benzene ring substituents is 1. The van der Waals surface area contributed by atoms with Gasteiger partial charge in [0.1, 0.15) is 0 Å². The molecule has 0 saturated heterocycles. The first kappa shape index (κ1) is 15.5. The predicted molar refractivity (Wildman–Crippen MR) is 80.0 cm³/mol. The summed E-state index contributed by atoms with van der Waals surface area (Å²) in [5, 5.41) is 23.2. The van der Waals surface area contributed by atoms with E-state index in [1.54, 1.807) is 12.5 Å². The van der Waals surface area contributed by atoms with Gasteiger partial charge in [0.05, 0.1) is 40.3 Å². The van der Waals surface area contributed by atoms with E-state index in [1.807, 2.05) is 11.5 Å². The molecule has 1 heterocycles. The number of hydrogen-bond acceptors (Lipinski definition) is 5. The van der Waals surface area contributed by atoms with E-state index in [2.05, 4.69) is 10.3 Å². The molecule has 0 aliphatic rings. The number of nitrogens with one attached hydrogen (secondary N) is 1. The third-order valence-corrected chi connectivity index (χ3v) is 3.45. The van der Waals surface area contributed by atoms with Crippen LogP contribution in [0.5, 0.6) is 0 Å². The first-order chi connectivity index (χ1) is 10.5. The predicted octanol–water partition coefficient (Wildman–Crippen LogP) is 2.43. The van der Waals surface area contributed by atoms with Gasteiger partial charge in [0.25, 0.3) is 5.69 Å². The van der Waals surface area contributed by atoms with Crippen molar-refractivity contribution in [1.82, 2.24) is 9.55 Å². The van der Waals surface area contributed by atoms with Crippen molar-refractivity contribution in [3.05, 3.63) is 51.6 Å². The third kappa shape index (κ3) is 2.90. The Labute approximate surface area is 126 Å². The highest BCUT2D eigenvalue weighted by molar-refractivity contribution is 5.96. The maximum absolute atomic E-state index is 11.3. The lowest BCUT2D eigenvalue weighted by Gasteiger charge is -2.13. The minimum atomic E-state index is -1.13. The summed E-state index contributed by atoms with van der Waals surface area (Å²) in [5.41, 5.74) is 1.31. The highest BCUT2D eigenvalue weighted by Gasteiger charge is 2.20. The quantitative estimate of drug-likeness (QED) is 0.626. The first-order valence-corrected chi connectivity index (χ1v) is 6.69. The molecule has 1 aromatic heterocycles. The van der Waals surface area contributed by atoms with Crippen molar-refractivity contribution in [2.75, 3.05) is 5.32 Å². The van der Waals surface area contributed by atoms with Crippen LogP contribution in [0.1, 0.15) is 28.5 Å². The number of aromatic nitrogens is 2. The van der Waals surface area contributed by atoms with Gasteiger partial charge in [0.15, 0.2) is 0 Å². The highest BCUT2D eigenvalue weighted by Crippen LogP contribution is 2.29. The van der Waals surface area contributed by atoms with Gasteiger partial charge in [-0.05, 0) is 19.9 Å². The van der Waals surface area contributed by atoms with Crippen molar-refractivity contribution >= 4 is 17.3 Å². The molecule has 0 aliphatic carbocycles. The standard InChI is InChI=1S/C14H16N4O4/c1-3-17-8-15-6-10(17)7-16-13-9(2)12(18(21)22)5-4-11(13)14(19)20/h4-6,8,16H,3,7H2,1-2H3,(H,19,20). The molecule has 2 aromatic rings. The second-order valence-electron chi connectivity index (χ2n) is 4.72. The van der Waals surface area contributed by atoms with Crippen molar-refractivity contribution in [3.63, 3.8) is 0 Å². The summed E-state index contributed by atoms with van der Waals surface area (Å²) in [6.07, 6.45) is 3.35. The van der Waals surface area contributed by atoms with E-state index in [4.69, 9.17) is 0 Å². The average molecular weight is 304 g/mol. The molecule has 0 radical (unpaired) electrons. The molecule has 8 nitrogen and oxygen atoms in total. The van der Waals surface area contributed by atoms with E-state index in [-0.39, 0.29) is 16.9 Å². The average Bonchev–Trinajstić information content (AvgIpc) is 2.92. The van der Waals surface area contributed by atoms with Crippen LogP contribution in [0, 0.1) is 17.0 Å². The Morgan fingerprint density at radius 3 is 2.82 bits per heavy atom. The van der Waals surface area contributed by atoms with Crippen LogP contribution in [0.15, 0.2) is 24.7 Å². The molecule has 0 spiro atoms. The van der Waals surface area contributed by atoms with Crippen LogP contribution in [0.3, 0.4) is 0 Å². The molecule has 0 aliphatic heterocycles. The second-order valence-corrected chi connectivity index (χ2v) is 4.72. The van der Waals surface area contributed by atoms with E-state index in [9.17, 15) is 20.0 Å². The van der Waals surface area contributed by atoms with Crippen molar-refractivity contribution < 1.29 is 14.8 Å². The van der Waals surface area contributed by atoms with E-state index < -0.39 is 10.9 Å². The third-order valence-electron chi connectivity index (χ3n) is 3.45. The van der Waals surface area contributed by atoms with Crippen LogP contribution in [0.4, 0.5) is 11.4 Å². The normalized spacial score (nSPS) is 10.5. The molecular formula is C14H16N4O4. The summed E-state index contributed by atoms with van der Waals surface area (Å²) < 4.78 is 1.90. The molecule has 2 rings (SSSR count). The lowest BCUT2D eigenvalue weighted by atomic mass is 10.1.